The topological polar surface area (TPSA) is 34.1 Å². The summed E-state index contributed by atoms with van der Waals surface area (Å²) >= 11 is 0. The molecule has 80 valence electrons. The summed E-state index contributed by atoms with van der Waals surface area (Å²) in [6, 6.07) is 6.58. The van der Waals surface area contributed by atoms with E-state index in [-0.39, 0.29) is 0 Å². The first-order chi connectivity index (χ1) is 7.42. The average Bonchev–Trinajstić information content (AvgIpc) is 2.89. The maximum Gasteiger partial charge on any atom is 0.0733 e. The maximum absolute atomic E-state index is 5.79. The number of ether oxygens (including phenoxy) is 1. The van der Waals surface area contributed by atoms with Crippen LogP contribution in [-0.2, 0) is 11.3 Å². The number of nitrogens with zero attached hydrogens (tertiary/aromatic N) is 1. The fraction of sp³-hybridized carbons (Fsp3) is 0.583. The highest BCUT2D eigenvalue weighted by Crippen LogP contribution is 2.34. The Hall–Kier alpha value is -0.930. The van der Waals surface area contributed by atoms with Crippen LogP contribution in [0, 0.1) is 0 Å². The number of aromatic nitrogens is 1. The smallest absolute Gasteiger partial charge is 0.0733 e. The van der Waals surface area contributed by atoms with Gasteiger partial charge in [0.1, 0.15) is 0 Å². The van der Waals surface area contributed by atoms with Crippen LogP contribution in [-0.4, -0.2) is 23.2 Å². The Morgan fingerprint density at radius 1 is 1.40 bits per heavy atom. The van der Waals surface area contributed by atoms with E-state index < -0.39 is 0 Å². The first kappa shape index (κ1) is 9.31. The fourth-order valence-electron chi connectivity index (χ4n) is 2.59. The molecule has 1 aromatic rings. The highest BCUT2D eigenvalue weighted by molar-refractivity contribution is 5.04. The zero-order valence-corrected chi connectivity index (χ0v) is 8.73. The molecule has 2 fully saturated rings. The van der Waals surface area contributed by atoms with Gasteiger partial charge < -0.3 is 10.1 Å². The highest BCUT2D eigenvalue weighted by atomic mass is 16.5. The molecule has 3 heterocycles. The van der Waals surface area contributed by atoms with Crippen LogP contribution in [0.5, 0.6) is 0 Å². The normalized spacial score (nSPS) is 33.5. The Kier molecular flexibility index (Phi) is 2.43. The average molecular weight is 204 g/mol. The molecule has 2 aliphatic rings. The molecule has 3 rings (SSSR count). The molecule has 3 nitrogen and oxygen atoms in total. The van der Waals surface area contributed by atoms with E-state index >= 15 is 0 Å². The van der Waals surface area contributed by atoms with Crippen LogP contribution in [0.1, 0.15) is 25.0 Å². The number of fused-ring (bicyclic) bond motifs is 2. The van der Waals surface area contributed by atoms with Gasteiger partial charge in [-0.2, -0.15) is 0 Å². The fourth-order valence-corrected chi connectivity index (χ4v) is 2.59. The van der Waals surface area contributed by atoms with Crippen LogP contribution < -0.4 is 5.32 Å². The number of hydrogen-bond donors (Lipinski definition) is 1. The zero-order chi connectivity index (χ0) is 10.1. The van der Waals surface area contributed by atoms with Gasteiger partial charge in [-0.25, -0.2) is 0 Å². The van der Waals surface area contributed by atoms with Crippen molar-refractivity contribution >= 4 is 0 Å². The third-order valence-corrected chi connectivity index (χ3v) is 3.38. The van der Waals surface area contributed by atoms with Gasteiger partial charge in [0.25, 0.3) is 0 Å². The third kappa shape index (κ3) is 1.90. The largest absolute Gasteiger partial charge is 0.373 e. The third-order valence-electron chi connectivity index (χ3n) is 3.38. The first-order valence-electron chi connectivity index (χ1n) is 5.70. The van der Waals surface area contributed by atoms with Crippen LogP contribution in [0.3, 0.4) is 0 Å². The SMILES string of the molecule is c1ccc(CNC2CC3CCC2O3)nc1. The second-order valence-electron chi connectivity index (χ2n) is 4.42. The standard InChI is InChI=1S/C12H16N2O/c1-2-6-13-9(3-1)8-14-11-7-10-4-5-12(11)15-10/h1-3,6,10-12,14H,4-5,7-8H2. The second kappa shape index (κ2) is 3.91. The Labute approximate surface area is 89.9 Å². The number of pyridine rings is 1. The molecule has 3 heteroatoms. The molecule has 1 N–H and O–H groups in total. The lowest BCUT2D eigenvalue weighted by Crippen LogP contribution is -2.37. The van der Waals surface area contributed by atoms with Gasteiger partial charge in [-0.05, 0) is 31.4 Å². The second-order valence-corrected chi connectivity index (χ2v) is 4.42. The van der Waals surface area contributed by atoms with Gasteiger partial charge in [-0.1, -0.05) is 6.07 Å². The van der Waals surface area contributed by atoms with Crippen LogP contribution >= 0.6 is 0 Å². The van der Waals surface area contributed by atoms with Crippen LogP contribution in [0.25, 0.3) is 0 Å². The van der Waals surface area contributed by atoms with E-state index in [1.54, 1.807) is 0 Å². The summed E-state index contributed by atoms with van der Waals surface area (Å²) in [5.74, 6) is 0. The van der Waals surface area contributed by atoms with Gasteiger partial charge in [0, 0.05) is 18.8 Å². The Morgan fingerprint density at radius 3 is 3.07 bits per heavy atom. The van der Waals surface area contributed by atoms with Gasteiger partial charge in [0.15, 0.2) is 0 Å². The van der Waals surface area contributed by atoms with Gasteiger partial charge in [0.05, 0.1) is 17.9 Å². The Morgan fingerprint density at radius 2 is 2.40 bits per heavy atom. The molecule has 0 aliphatic carbocycles. The predicted molar refractivity (Wildman–Crippen MR) is 57.4 cm³/mol. The lowest BCUT2D eigenvalue weighted by molar-refractivity contribution is 0.0972. The van der Waals surface area contributed by atoms with Gasteiger partial charge in [-0.3, -0.25) is 4.98 Å². The molecule has 2 aliphatic heterocycles. The molecular weight excluding hydrogens is 188 g/mol. The summed E-state index contributed by atoms with van der Waals surface area (Å²) in [6.45, 7) is 0.859. The number of rotatable bonds is 3. The first-order valence-corrected chi connectivity index (χ1v) is 5.70. The van der Waals surface area contributed by atoms with E-state index in [9.17, 15) is 0 Å². The predicted octanol–water partition coefficient (Wildman–Crippen LogP) is 1.49. The summed E-state index contributed by atoms with van der Waals surface area (Å²) in [6.07, 6.45) is 6.48. The summed E-state index contributed by atoms with van der Waals surface area (Å²) < 4.78 is 5.79. The molecule has 2 saturated heterocycles. The minimum atomic E-state index is 0.457. The minimum Gasteiger partial charge on any atom is -0.373 e. The van der Waals surface area contributed by atoms with Crippen molar-refractivity contribution in [3.05, 3.63) is 30.1 Å². The van der Waals surface area contributed by atoms with Crippen molar-refractivity contribution < 1.29 is 4.74 Å². The molecular formula is C12H16N2O. The van der Waals surface area contributed by atoms with E-state index in [1.165, 1.54) is 19.3 Å². The van der Waals surface area contributed by atoms with Gasteiger partial charge >= 0.3 is 0 Å². The van der Waals surface area contributed by atoms with E-state index in [0.29, 0.717) is 18.2 Å². The van der Waals surface area contributed by atoms with Gasteiger partial charge in [-0.15, -0.1) is 0 Å². The molecule has 2 bridgehead atoms. The summed E-state index contributed by atoms with van der Waals surface area (Å²) in [7, 11) is 0. The van der Waals surface area contributed by atoms with Crippen LogP contribution in [0.2, 0.25) is 0 Å². The van der Waals surface area contributed by atoms with Gasteiger partial charge in [0.2, 0.25) is 0 Å². The van der Waals surface area contributed by atoms with Crippen molar-refractivity contribution in [2.45, 2.75) is 44.1 Å². The number of nitrogens with one attached hydrogen (secondary N) is 1. The highest BCUT2D eigenvalue weighted by Gasteiger charge is 2.40. The minimum absolute atomic E-state index is 0.457. The van der Waals surface area contributed by atoms with Crippen molar-refractivity contribution in [1.29, 1.82) is 0 Å². The van der Waals surface area contributed by atoms with Crippen molar-refractivity contribution in [2.24, 2.45) is 0 Å². The van der Waals surface area contributed by atoms with E-state index in [2.05, 4.69) is 16.4 Å². The quantitative estimate of drug-likeness (QED) is 0.810. The maximum atomic E-state index is 5.79. The molecule has 0 spiro atoms. The molecule has 15 heavy (non-hydrogen) atoms. The van der Waals surface area contributed by atoms with Crippen LogP contribution in [0.4, 0.5) is 0 Å². The lowest BCUT2D eigenvalue weighted by Gasteiger charge is -2.19. The van der Waals surface area contributed by atoms with Crippen molar-refractivity contribution in [1.82, 2.24) is 10.3 Å². The summed E-state index contributed by atoms with van der Waals surface area (Å²) in [5, 5.41) is 3.54. The van der Waals surface area contributed by atoms with Crippen molar-refractivity contribution in [2.75, 3.05) is 0 Å². The molecule has 1 aromatic heterocycles. The number of hydrogen-bond acceptors (Lipinski definition) is 3. The van der Waals surface area contributed by atoms with E-state index in [4.69, 9.17) is 4.74 Å². The van der Waals surface area contributed by atoms with E-state index in [1.807, 2.05) is 18.3 Å². The summed E-state index contributed by atoms with van der Waals surface area (Å²) in [5.41, 5.74) is 1.11. The molecule has 0 saturated carbocycles. The van der Waals surface area contributed by atoms with Crippen LogP contribution in [0.15, 0.2) is 24.4 Å². The molecule has 0 radical (unpaired) electrons. The molecule has 0 amide bonds. The monoisotopic (exact) mass is 204 g/mol. The lowest BCUT2D eigenvalue weighted by atomic mass is 9.95. The Balaban J connectivity index is 1.55. The zero-order valence-electron chi connectivity index (χ0n) is 8.73. The molecule has 0 aromatic carbocycles. The molecule has 3 atom stereocenters. The molecule has 3 unspecified atom stereocenters. The van der Waals surface area contributed by atoms with E-state index in [0.717, 1.165) is 12.2 Å². The summed E-state index contributed by atoms with van der Waals surface area (Å²) in [4.78, 5) is 4.30. The van der Waals surface area contributed by atoms with Crippen molar-refractivity contribution in [3.63, 3.8) is 0 Å². The van der Waals surface area contributed by atoms with Crippen molar-refractivity contribution in [3.8, 4) is 0 Å². The Bertz CT molecular complexity index is 328.